The normalized spacial score (nSPS) is 23.1. The fourth-order valence-corrected chi connectivity index (χ4v) is 2.77. The molecule has 0 bridgehead atoms. The maximum Gasteiger partial charge on any atom is 0.225 e. The minimum absolute atomic E-state index is 0.554. The Hall–Kier alpha value is -1.16. The van der Waals surface area contributed by atoms with E-state index >= 15 is 0 Å². The zero-order chi connectivity index (χ0) is 13.8. The molecule has 0 amide bonds. The highest BCUT2D eigenvalue weighted by molar-refractivity contribution is 5.36. The number of rotatable bonds is 5. The summed E-state index contributed by atoms with van der Waals surface area (Å²) in [5.74, 6) is 1.64. The molecule has 19 heavy (non-hydrogen) atoms. The summed E-state index contributed by atoms with van der Waals surface area (Å²) in [5, 5.41) is 3.40. The molecule has 2 unspecified atom stereocenters. The van der Waals surface area contributed by atoms with Gasteiger partial charge in [0.25, 0.3) is 0 Å². The van der Waals surface area contributed by atoms with Crippen molar-refractivity contribution in [2.75, 3.05) is 18.0 Å². The van der Waals surface area contributed by atoms with E-state index in [9.17, 15) is 0 Å². The average molecular weight is 262 g/mol. The molecule has 0 radical (unpaired) electrons. The van der Waals surface area contributed by atoms with Crippen molar-refractivity contribution in [1.82, 2.24) is 15.3 Å². The summed E-state index contributed by atoms with van der Waals surface area (Å²) in [6, 6.07) is 0.554. The summed E-state index contributed by atoms with van der Waals surface area (Å²) in [6.45, 7) is 11.8. The highest BCUT2D eigenvalue weighted by Crippen LogP contribution is 2.26. The van der Waals surface area contributed by atoms with E-state index in [2.05, 4.69) is 42.9 Å². The predicted octanol–water partition coefficient (Wildman–Crippen LogP) is 2.52. The van der Waals surface area contributed by atoms with Gasteiger partial charge in [0.1, 0.15) is 0 Å². The van der Waals surface area contributed by atoms with Gasteiger partial charge in [0.15, 0.2) is 0 Å². The fourth-order valence-electron chi connectivity index (χ4n) is 2.77. The van der Waals surface area contributed by atoms with Crippen LogP contribution in [0.1, 0.15) is 44.9 Å². The Bertz CT molecular complexity index is 419. The van der Waals surface area contributed by atoms with Crippen LogP contribution in [0.4, 0.5) is 5.95 Å². The van der Waals surface area contributed by atoms with Crippen LogP contribution < -0.4 is 10.2 Å². The lowest BCUT2D eigenvalue weighted by Gasteiger charge is -2.22. The molecule has 1 N–H and O–H groups in total. The summed E-state index contributed by atoms with van der Waals surface area (Å²) in [7, 11) is 0. The molecule has 106 valence electrons. The zero-order valence-corrected chi connectivity index (χ0v) is 12.6. The van der Waals surface area contributed by atoms with Crippen LogP contribution in [0.5, 0.6) is 0 Å². The standard InChI is InChI=1S/C15H26N4/c1-5-6-16-8-14-9-17-15(18-13(14)4)19-10-11(2)7-12(19)3/h9,11-12,16H,5-8,10H2,1-4H3. The van der Waals surface area contributed by atoms with E-state index in [1.54, 1.807) is 0 Å². The van der Waals surface area contributed by atoms with Gasteiger partial charge in [-0.1, -0.05) is 13.8 Å². The topological polar surface area (TPSA) is 41.1 Å². The van der Waals surface area contributed by atoms with E-state index in [0.717, 1.165) is 43.6 Å². The molecular formula is C15H26N4. The van der Waals surface area contributed by atoms with Crippen molar-refractivity contribution in [2.45, 2.75) is 53.1 Å². The lowest BCUT2D eigenvalue weighted by molar-refractivity contribution is 0.624. The van der Waals surface area contributed by atoms with Gasteiger partial charge >= 0.3 is 0 Å². The van der Waals surface area contributed by atoms with Crippen molar-refractivity contribution < 1.29 is 0 Å². The summed E-state index contributed by atoms with van der Waals surface area (Å²) < 4.78 is 0. The van der Waals surface area contributed by atoms with Crippen molar-refractivity contribution in [3.05, 3.63) is 17.5 Å². The molecule has 1 aliphatic heterocycles. The van der Waals surface area contributed by atoms with Crippen molar-refractivity contribution >= 4 is 5.95 Å². The van der Waals surface area contributed by atoms with Crippen LogP contribution in [-0.4, -0.2) is 29.1 Å². The number of aryl methyl sites for hydroxylation is 1. The first-order chi connectivity index (χ1) is 9.11. The first-order valence-corrected chi connectivity index (χ1v) is 7.41. The number of anilines is 1. The Balaban J connectivity index is 2.06. The van der Waals surface area contributed by atoms with E-state index in [1.807, 2.05) is 6.20 Å². The number of hydrogen-bond donors (Lipinski definition) is 1. The SMILES string of the molecule is CCCNCc1cnc(N2CC(C)CC2C)nc1C. The zero-order valence-electron chi connectivity index (χ0n) is 12.6. The van der Waals surface area contributed by atoms with Gasteiger partial charge in [-0.15, -0.1) is 0 Å². The molecule has 1 saturated heterocycles. The van der Waals surface area contributed by atoms with Gasteiger partial charge in [-0.3, -0.25) is 0 Å². The lowest BCUT2D eigenvalue weighted by atomic mass is 10.1. The predicted molar refractivity (Wildman–Crippen MR) is 79.4 cm³/mol. The van der Waals surface area contributed by atoms with Crippen LogP contribution in [0, 0.1) is 12.8 Å². The monoisotopic (exact) mass is 262 g/mol. The summed E-state index contributed by atoms with van der Waals surface area (Å²) in [4.78, 5) is 11.6. The van der Waals surface area contributed by atoms with E-state index < -0.39 is 0 Å². The average Bonchev–Trinajstić information content (AvgIpc) is 2.71. The van der Waals surface area contributed by atoms with Crippen molar-refractivity contribution in [1.29, 1.82) is 0 Å². The van der Waals surface area contributed by atoms with Gasteiger partial charge in [-0.25, -0.2) is 9.97 Å². The Morgan fingerprint density at radius 2 is 2.21 bits per heavy atom. The first-order valence-electron chi connectivity index (χ1n) is 7.41. The quantitative estimate of drug-likeness (QED) is 0.828. The lowest BCUT2D eigenvalue weighted by Crippen LogP contribution is -2.29. The second-order valence-electron chi connectivity index (χ2n) is 5.80. The molecule has 1 aromatic rings. The number of nitrogens with zero attached hydrogens (tertiary/aromatic N) is 3. The molecule has 0 aromatic carbocycles. The molecule has 2 atom stereocenters. The second-order valence-corrected chi connectivity index (χ2v) is 5.80. The molecule has 1 aromatic heterocycles. The molecule has 1 aliphatic rings. The Labute approximate surface area is 116 Å². The van der Waals surface area contributed by atoms with Crippen LogP contribution in [-0.2, 0) is 6.54 Å². The molecule has 4 nitrogen and oxygen atoms in total. The van der Waals surface area contributed by atoms with Gasteiger partial charge in [0.2, 0.25) is 5.95 Å². The highest BCUT2D eigenvalue weighted by atomic mass is 15.3. The number of nitrogens with one attached hydrogen (secondary N) is 1. The largest absolute Gasteiger partial charge is 0.338 e. The van der Waals surface area contributed by atoms with Gasteiger partial charge in [0.05, 0.1) is 0 Å². The van der Waals surface area contributed by atoms with Gasteiger partial charge in [0, 0.05) is 36.6 Å². The van der Waals surface area contributed by atoms with Crippen molar-refractivity contribution in [3.63, 3.8) is 0 Å². The smallest absolute Gasteiger partial charge is 0.225 e. The van der Waals surface area contributed by atoms with Crippen LogP contribution in [0.15, 0.2) is 6.20 Å². The maximum atomic E-state index is 4.69. The molecule has 1 fully saturated rings. The van der Waals surface area contributed by atoms with E-state index in [1.165, 1.54) is 12.0 Å². The minimum Gasteiger partial charge on any atom is -0.338 e. The van der Waals surface area contributed by atoms with E-state index in [-0.39, 0.29) is 0 Å². The maximum absolute atomic E-state index is 4.69. The number of hydrogen-bond acceptors (Lipinski definition) is 4. The third-order valence-electron chi connectivity index (χ3n) is 3.85. The van der Waals surface area contributed by atoms with Crippen molar-refractivity contribution in [3.8, 4) is 0 Å². The third-order valence-corrected chi connectivity index (χ3v) is 3.85. The van der Waals surface area contributed by atoms with Crippen LogP contribution in [0.2, 0.25) is 0 Å². The second kappa shape index (κ2) is 6.33. The molecular weight excluding hydrogens is 236 g/mol. The highest BCUT2D eigenvalue weighted by Gasteiger charge is 2.28. The molecule has 4 heteroatoms. The van der Waals surface area contributed by atoms with Gasteiger partial charge in [-0.05, 0) is 39.2 Å². The van der Waals surface area contributed by atoms with Gasteiger partial charge < -0.3 is 10.2 Å². The van der Waals surface area contributed by atoms with Crippen LogP contribution in [0.25, 0.3) is 0 Å². The Morgan fingerprint density at radius 3 is 2.79 bits per heavy atom. The molecule has 2 rings (SSSR count). The molecule has 0 saturated carbocycles. The number of aromatic nitrogens is 2. The fraction of sp³-hybridized carbons (Fsp3) is 0.733. The van der Waals surface area contributed by atoms with Crippen molar-refractivity contribution in [2.24, 2.45) is 5.92 Å². The van der Waals surface area contributed by atoms with Gasteiger partial charge in [-0.2, -0.15) is 0 Å². The summed E-state index contributed by atoms with van der Waals surface area (Å²) in [6.07, 6.45) is 4.37. The van der Waals surface area contributed by atoms with Crippen LogP contribution in [0.3, 0.4) is 0 Å². The molecule has 0 aliphatic carbocycles. The Morgan fingerprint density at radius 1 is 1.42 bits per heavy atom. The molecule has 0 spiro atoms. The van der Waals surface area contributed by atoms with Crippen LogP contribution >= 0.6 is 0 Å². The molecule has 2 heterocycles. The first kappa shape index (κ1) is 14.3. The summed E-state index contributed by atoms with van der Waals surface area (Å²) >= 11 is 0. The summed E-state index contributed by atoms with van der Waals surface area (Å²) in [5.41, 5.74) is 2.30. The van der Waals surface area contributed by atoms with E-state index in [0.29, 0.717) is 6.04 Å². The van der Waals surface area contributed by atoms with E-state index in [4.69, 9.17) is 4.98 Å². The minimum atomic E-state index is 0.554. The third kappa shape index (κ3) is 3.44. The Kier molecular flexibility index (Phi) is 4.75.